The average molecular weight is 325 g/mol. The number of pyridine rings is 1. The van der Waals surface area contributed by atoms with E-state index in [4.69, 9.17) is 10.5 Å². The standard InChI is InChI=1S/C19H23N3O2/c1-2-3-4-8-13-22-18-15(11-12-16(20)21-18)24-17(19(22)23)14-9-6-5-7-10-14/h5-7,9-12,17H,2-4,8,13H2,1H3,(H2,20,21). The Balaban J connectivity index is 1.89. The van der Waals surface area contributed by atoms with E-state index >= 15 is 0 Å². The van der Waals surface area contributed by atoms with Crippen LogP contribution in [0.2, 0.25) is 0 Å². The molecule has 1 amide bonds. The fourth-order valence-electron chi connectivity index (χ4n) is 2.91. The number of benzene rings is 1. The van der Waals surface area contributed by atoms with Gasteiger partial charge in [-0.3, -0.25) is 9.69 Å². The third kappa shape index (κ3) is 3.35. The Bertz CT molecular complexity index is 703. The minimum absolute atomic E-state index is 0.0803. The van der Waals surface area contributed by atoms with Crippen LogP contribution in [0, 0.1) is 0 Å². The molecule has 1 atom stereocenters. The SMILES string of the molecule is CCCCCCN1C(=O)C(c2ccccc2)Oc2ccc(N)nc21. The summed E-state index contributed by atoms with van der Waals surface area (Å²) >= 11 is 0. The zero-order valence-corrected chi connectivity index (χ0v) is 13.9. The van der Waals surface area contributed by atoms with E-state index in [0.29, 0.717) is 23.9 Å². The van der Waals surface area contributed by atoms with Crippen molar-refractivity contribution in [3.05, 3.63) is 48.0 Å². The lowest BCUT2D eigenvalue weighted by Crippen LogP contribution is -2.42. The van der Waals surface area contributed by atoms with Gasteiger partial charge in [0.1, 0.15) is 5.82 Å². The third-order valence-electron chi connectivity index (χ3n) is 4.19. The van der Waals surface area contributed by atoms with E-state index in [-0.39, 0.29) is 5.91 Å². The van der Waals surface area contributed by atoms with Crippen LogP contribution in [0.4, 0.5) is 11.6 Å². The fraction of sp³-hybridized carbons (Fsp3) is 0.368. The summed E-state index contributed by atoms with van der Waals surface area (Å²) in [6.07, 6.45) is 3.73. The average Bonchev–Trinajstić information content (AvgIpc) is 2.61. The van der Waals surface area contributed by atoms with Crippen molar-refractivity contribution in [1.29, 1.82) is 0 Å². The van der Waals surface area contributed by atoms with Crippen molar-refractivity contribution in [3.8, 4) is 5.75 Å². The summed E-state index contributed by atoms with van der Waals surface area (Å²) in [5.74, 6) is 1.45. The Labute approximate surface area is 142 Å². The molecule has 0 fully saturated rings. The Hall–Kier alpha value is -2.56. The number of fused-ring (bicyclic) bond motifs is 1. The number of anilines is 2. The van der Waals surface area contributed by atoms with Gasteiger partial charge in [-0.25, -0.2) is 4.98 Å². The van der Waals surface area contributed by atoms with Crippen LogP contribution in [0.5, 0.6) is 5.75 Å². The molecule has 1 aliphatic rings. The minimum atomic E-state index is -0.629. The van der Waals surface area contributed by atoms with Gasteiger partial charge in [0, 0.05) is 12.1 Å². The van der Waals surface area contributed by atoms with Crippen molar-refractivity contribution in [1.82, 2.24) is 4.98 Å². The number of carbonyl (C=O) groups excluding carboxylic acids is 1. The molecule has 1 aromatic heterocycles. The Kier molecular flexibility index (Phi) is 4.99. The maximum Gasteiger partial charge on any atom is 0.274 e. The monoisotopic (exact) mass is 325 g/mol. The molecule has 1 aromatic carbocycles. The molecule has 5 heteroatoms. The van der Waals surface area contributed by atoms with E-state index in [0.717, 1.165) is 31.2 Å². The maximum absolute atomic E-state index is 13.0. The fourth-order valence-corrected chi connectivity index (χ4v) is 2.91. The van der Waals surface area contributed by atoms with E-state index in [2.05, 4.69) is 11.9 Å². The second-order valence-corrected chi connectivity index (χ2v) is 6.02. The molecule has 0 radical (unpaired) electrons. The van der Waals surface area contributed by atoms with Crippen molar-refractivity contribution >= 4 is 17.5 Å². The molecule has 2 aromatic rings. The molecule has 2 heterocycles. The first-order valence-corrected chi connectivity index (χ1v) is 8.50. The molecule has 0 saturated carbocycles. The Morgan fingerprint density at radius 3 is 2.67 bits per heavy atom. The van der Waals surface area contributed by atoms with Gasteiger partial charge in [-0.05, 0) is 18.6 Å². The number of ether oxygens (including phenoxy) is 1. The number of aromatic nitrogens is 1. The maximum atomic E-state index is 13.0. The second-order valence-electron chi connectivity index (χ2n) is 6.02. The quantitative estimate of drug-likeness (QED) is 0.822. The van der Waals surface area contributed by atoms with Gasteiger partial charge < -0.3 is 10.5 Å². The van der Waals surface area contributed by atoms with Gasteiger partial charge in [0.15, 0.2) is 11.6 Å². The normalized spacial score (nSPS) is 16.6. The number of amides is 1. The number of nitrogens with zero attached hydrogens (tertiary/aromatic N) is 2. The van der Waals surface area contributed by atoms with Crippen molar-refractivity contribution in [2.75, 3.05) is 17.2 Å². The van der Waals surface area contributed by atoms with Crippen LogP contribution in [-0.4, -0.2) is 17.4 Å². The van der Waals surface area contributed by atoms with Crippen LogP contribution in [0.25, 0.3) is 0 Å². The first-order chi connectivity index (χ1) is 11.7. The Morgan fingerprint density at radius 2 is 1.92 bits per heavy atom. The Morgan fingerprint density at radius 1 is 1.12 bits per heavy atom. The molecular weight excluding hydrogens is 302 g/mol. The van der Waals surface area contributed by atoms with E-state index in [9.17, 15) is 4.79 Å². The minimum Gasteiger partial charge on any atom is -0.472 e. The first-order valence-electron chi connectivity index (χ1n) is 8.50. The predicted molar refractivity (Wildman–Crippen MR) is 95.0 cm³/mol. The highest BCUT2D eigenvalue weighted by Crippen LogP contribution is 2.38. The molecular formula is C19H23N3O2. The van der Waals surface area contributed by atoms with Crippen molar-refractivity contribution in [2.24, 2.45) is 0 Å². The highest BCUT2D eigenvalue weighted by Gasteiger charge is 2.36. The van der Waals surface area contributed by atoms with Crippen molar-refractivity contribution < 1.29 is 9.53 Å². The molecule has 3 rings (SSSR count). The predicted octanol–water partition coefficient (Wildman–Crippen LogP) is 3.71. The van der Waals surface area contributed by atoms with E-state index in [1.54, 1.807) is 17.0 Å². The third-order valence-corrected chi connectivity index (χ3v) is 4.19. The van der Waals surface area contributed by atoms with Crippen LogP contribution in [0.15, 0.2) is 42.5 Å². The van der Waals surface area contributed by atoms with Crippen LogP contribution in [0.3, 0.4) is 0 Å². The van der Waals surface area contributed by atoms with Crippen LogP contribution >= 0.6 is 0 Å². The highest BCUT2D eigenvalue weighted by molar-refractivity contribution is 5.99. The van der Waals surface area contributed by atoms with Gasteiger partial charge in [-0.1, -0.05) is 56.5 Å². The summed E-state index contributed by atoms with van der Waals surface area (Å²) in [5.41, 5.74) is 6.66. The van der Waals surface area contributed by atoms with Gasteiger partial charge in [0.2, 0.25) is 6.10 Å². The molecule has 5 nitrogen and oxygen atoms in total. The van der Waals surface area contributed by atoms with Crippen molar-refractivity contribution in [3.63, 3.8) is 0 Å². The molecule has 126 valence electrons. The van der Waals surface area contributed by atoms with E-state index in [1.807, 2.05) is 30.3 Å². The van der Waals surface area contributed by atoms with Gasteiger partial charge in [-0.2, -0.15) is 0 Å². The molecule has 0 spiro atoms. The first kappa shape index (κ1) is 16.3. The van der Waals surface area contributed by atoms with Gasteiger partial charge in [0.25, 0.3) is 5.91 Å². The molecule has 24 heavy (non-hydrogen) atoms. The molecule has 1 unspecified atom stereocenters. The van der Waals surface area contributed by atoms with E-state index in [1.165, 1.54) is 0 Å². The number of nitrogen functional groups attached to an aromatic ring is 1. The molecule has 2 N–H and O–H groups in total. The number of carbonyl (C=O) groups is 1. The lowest BCUT2D eigenvalue weighted by molar-refractivity contribution is -0.126. The van der Waals surface area contributed by atoms with Gasteiger partial charge in [-0.15, -0.1) is 0 Å². The summed E-state index contributed by atoms with van der Waals surface area (Å²) in [5, 5.41) is 0. The molecule has 0 bridgehead atoms. The summed E-state index contributed by atoms with van der Waals surface area (Å²) < 4.78 is 5.93. The van der Waals surface area contributed by atoms with Gasteiger partial charge in [0.05, 0.1) is 0 Å². The zero-order valence-electron chi connectivity index (χ0n) is 13.9. The van der Waals surface area contributed by atoms with Crippen LogP contribution in [-0.2, 0) is 4.79 Å². The largest absolute Gasteiger partial charge is 0.472 e. The lowest BCUT2D eigenvalue weighted by Gasteiger charge is -2.33. The van der Waals surface area contributed by atoms with Crippen LogP contribution in [0.1, 0.15) is 44.3 Å². The second kappa shape index (κ2) is 7.34. The van der Waals surface area contributed by atoms with Crippen LogP contribution < -0.4 is 15.4 Å². The number of hydrogen-bond donors (Lipinski definition) is 1. The summed E-state index contributed by atoms with van der Waals surface area (Å²) in [6.45, 7) is 2.80. The zero-order chi connectivity index (χ0) is 16.9. The summed E-state index contributed by atoms with van der Waals surface area (Å²) in [6, 6.07) is 13.1. The van der Waals surface area contributed by atoms with Crippen molar-refractivity contribution in [2.45, 2.75) is 38.7 Å². The topological polar surface area (TPSA) is 68.5 Å². The number of unbranched alkanes of at least 4 members (excludes halogenated alkanes) is 3. The highest BCUT2D eigenvalue weighted by atomic mass is 16.5. The number of hydrogen-bond acceptors (Lipinski definition) is 4. The number of rotatable bonds is 6. The summed E-state index contributed by atoms with van der Waals surface area (Å²) in [7, 11) is 0. The molecule has 1 aliphatic heterocycles. The molecule has 0 aliphatic carbocycles. The smallest absolute Gasteiger partial charge is 0.274 e. The summed E-state index contributed by atoms with van der Waals surface area (Å²) in [4.78, 5) is 19.0. The van der Waals surface area contributed by atoms with E-state index < -0.39 is 6.10 Å². The number of nitrogens with two attached hydrogens (primary N) is 1. The molecule has 0 saturated heterocycles. The lowest BCUT2D eigenvalue weighted by atomic mass is 10.1. The van der Waals surface area contributed by atoms with Gasteiger partial charge >= 0.3 is 0 Å².